The first-order valence-electron chi connectivity index (χ1n) is 20.9. The van der Waals surface area contributed by atoms with E-state index < -0.39 is 53.4 Å². The Balaban J connectivity index is 0.858. The van der Waals surface area contributed by atoms with E-state index in [0.29, 0.717) is 33.8 Å². The Morgan fingerprint density at radius 1 is 1.00 bits per heavy atom. The van der Waals surface area contributed by atoms with Gasteiger partial charge in [-0.05, 0) is 58.2 Å². The molecule has 2 aliphatic heterocycles. The van der Waals surface area contributed by atoms with Crippen molar-refractivity contribution in [1.29, 1.82) is 5.26 Å². The molecule has 6 amide bonds. The minimum Gasteiger partial charge on any atom is -0.444 e. The van der Waals surface area contributed by atoms with Crippen molar-refractivity contribution in [2.75, 3.05) is 63.2 Å². The van der Waals surface area contributed by atoms with E-state index in [1.165, 1.54) is 28.0 Å². The number of aromatic nitrogens is 4. The molecule has 3 aromatic heterocycles. The van der Waals surface area contributed by atoms with Gasteiger partial charge in [0.25, 0.3) is 17.7 Å². The predicted octanol–water partition coefficient (Wildman–Crippen LogP) is 3.11. The van der Waals surface area contributed by atoms with Crippen molar-refractivity contribution in [2.45, 2.75) is 70.3 Å². The lowest BCUT2D eigenvalue weighted by Crippen LogP contribution is -2.54. The zero-order valence-corrected chi connectivity index (χ0v) is 35.5. The number of hydrogen-bond donors (Lipinski definition) is 4. The van der Waals surface area contributed by atoms with Gasteiger partial charge in [0.15, 0.2) is 11.5 Å². The fourth-order valence-electron chi connectivity index (χ4n) is 7.02. The molecule has 2 fully saturated rings. The lowest BCUT2D eigenvalue weighted by molar-refractivity contribution is -0.136. The summed E-state index contributed by atoms with van der Waals surface area (Å²) in [6.45, 7) is 5.10. The summed E-state index contributed by atoms with van der Waals surface area (Å²) >= 11 is 0. The largest absolute Gasteiger partial charge is 0.444 e. The number of alkyl halides is 1. The van der Waals surface area contributed by atoms with Crippen molar-refractivity contribution in [1.82, 2.24) is 40.2 Å². The number of ether oxygens (including phenoxy) is 3. The molecular formula is C43H48FN11O9. The van der Waals surface area contributed by atoms with Gasteiger partial charge in [0.05, 0.1) is 67.1 Å². The molecule has 2 unspecified atom stereocenters. The van der Waals surface area contributed by atoms with E-state index in [9.17, 15) is 34.0 Å². The first kappa shape index (κ1) is 45.0. The summed E-state index contributed by atoms with van der Waals surface area (Å²) in [6.07, 6.45) is 4.15. The fraction of sp³-hybridized carbons (Fsp3) is 0.442. The Bertz CT molecular complexity index is 2500. The van der Waals surface area contributed by atoms with Gasteiger partial charge in [0, 0.05) is 61.6 Å². The number of rotatable bonds is 19. The minimum atomic E-state index is -1.57. The van der Waals surface area contributed by atoms with Gasteiger partial charge in [-0.3, -0.25) is 34.2 Å². The predicted molar refractivity (Wildman–Crippen MR) is 226 cm³/mol. The molecule has 1 saturated heterocycles. The Hall–Kier alpha value is -7.05. The van der Waals surface area contributed by atoms with Gasteiger partial charge in [-0.1, -0.05) is 6.07 Å². The van der Waals surface area contributed by atoms with E-state index in [4.69, 9.17) is 14.2 Å². The molecular weight excluding hydrogens is 834 g/mol. The normalized spacial score (nSPS) is 16.5. The van der Waals surface area contributed by atoms with E-state index in [1.54, 1.807) is 51.2 Å². The van der Waals surface area contributed by atoms with Crippen molar-refractivity contribution in [3.05, 3.63) is 71.2 Å². The van der Waals surface area contributed by atoms with Crippen LogP contribution in [0.4, 0.5) is 20.6 Å². The number of piperidine rings is 1. The number of benzene rings is 1. The maximum atomic E-state index is 15.0. The summed E-state index contributed by atoms with van der Waals surface area (Å²) in [7, 11) is 0. The Morgan fingerprint density at radius 2 is 1.78 bits per heavy atom. The smallest absolute Gasteiger partial charge is 0.410 e. The van der Waals surface area contributed by atoms with Gasteiger partial charge in [0.2, 0.25) is 11.8 Å². The van der Waals surface area contributed by atoms with Crippen molar-refractivity contribution in [2.24, 2.45) is 0 Å². The van der Waals surface area contributed by atoms with Crippen LogP contribution in [0.2, 0.25) is 0 Å². The van der Waals surface area contributed by atoms with Gasteiger partial charge >= 0.3 is 6.09 Å². The second kappa shape index (κ2) is 19.6. The molecule has 3 aliphatic rings. The second-order valence-corrected chi connectivity index (χ2v) is 16.4. The van der Waals surface area contributed by atoms with Gasteiger partial charge in [-0.2, -0.15) is 15.0 Å². The van der Waals surface area contributed by atoms with Crippen LogP contribution in [0, 0.1) is 11.3 Å². The monoisotopic (exact) mass is 881 g/mol. The highest BCUT2D eigenvalue weighted by atomic mass is 19.1. The van der Waals surface area contributed by atoms with Crippen LogP contribution >= 0.6 is 0 Å². The Kier molecular flexibility index (Phi) is 13.7. The molecule has 336 valence electrons. The highest BCUT2D eigenvalue weighted by Crippen LogP contribution is 2.33. The average molecular weight is 882 g/mol. The molecule has 4 N–H and O–H groups in total. The van der Waals surface area contributed by atoms with Gasteiger partial charge < -0.3 is 35.1 Å². The number of fused-ring (bicyclic) bond motifs is 2. The first-order valence-corrected chi connectivity index (χ1v) is 20.9. The zero-order chi connectivity index (χ0) is 45.5. The molecule has 2 atom stereocenters. The topological polar surface area (TPSA) is 252 Å². The summed E-state index contributed by atoms with van der Waals surface area (Å²) < 4.78 is 33.4. The van der Waals surface area contributed by atoms with Crippen LogP contribution in [0.3, 0.4) is 0 Å². The van der Waals surface area contributed by atoms with Crippen LogP contribution in [0.25, 0.3) is 16.9 Å². The van der Waals surface area contributed by atoms with Crippen LogP contribution in [-0.4, -0.2) is 142 Å². The van der Waals surface area contributed by atoms with Gasteiger partial charge in [-0.15, -0.1) is 0 Å². The highest BCUT2D eigenvalue weighted by Gasteiger charge is 2.45. The molecule has 21 heteroatoms. The van der Waals surface area contributed by atoms with Gasteiger partial charge in [0.1, 0.15) is 23.9 Å². The SMILES string of the molecule is CC(C)(C)OC(=O)N(CCOCCNc1cccc2c1C(=O)N(C1CCC(=O)NC1=O)C2=O)CCOCC(F)CNC(=O)c1cnc(-n2ncc3cc(C#N)cnc32)cc1NC1CC1. The van der Waals surface area contributed by atoms with Gasteiger partial charge in [-0.25, -0.2) is 19.2 Å². The summed E-state index contributed by atoms with van der Waals surface area (Å²) in [5.41, 5.74) is 1.47. The molecule has 5 heterocycles. The Labute approximate surface area is 366 Å². The highest BCUT2D eigenvalue weighted by molar-refractivity contribution is 6.25. The third-order valence-corrected chi connectivity index (χ3v) is 10.3. The summed E-state index contributed by atoms with van der Waals surface area (Å²) in [4.78, 5) is 87.9. The van der Waals surface area contributed by atoms with Crippen molar-refractivity contribution < 1.29 is 47.4 Å². The zero-order valence-electron chi connectivity index (χ0n) is 35.5. The molecule has 0 bridgehead atoms. The van der Waals surface area contributed by atoms with E-state index in [1.807, 2.05) is 0 Å². The number of carbonyl (C=O) groups excluding carboxylic acids is 6. The van der Waals surface area contributed by atoms with Crippen LogP contribution in [0.1, 0.15) is 83.1 Å². The minimum absolute atomic E-state index is 0.0133. The number of hydrogen-bond acceptors (Lipinski definition) is 15. The molecule has 4 aromatic rings. The molecule has 64 heavy (non-hydrogen) atoms. The number of carbonyl (C=O) groups is 6. The standard InChI is InChI=1S/C43H48FN11O9/c1-43(2,3)64-42(61)53(12-15-62-14-11-46-31-6-4-5-29-36(31)41(60)54(40(29)59)33-9-10-35(56)52-39(33)58)13-16-63-24-27(44)22-49-38(57)30-23-47-34(18-32(30)51-28-7-8-28)55-37-26(21-50-55)17-25(19-45)20-48-37/h4-6,17-18,20-21,23,27-28,33,46H,7-16,22,24H2,1-3H3,(H,47,51)(H,49,57)(H,52,56,58). The van der Waals surface area contributed by atoms with Crippen LogP contribution in [0.5, 0.6) is 0 Å². The fourth-order valence-corrected chi connectivity index (χ4v) is 7.02. The quantitative estimate of drug-likeness (QED) is 0.0780. The first-order chi connectivity index (χ1) is 30.7. The third kappa shape index (κ3) is 10.8. The van der Waals surface area contributed by atoms with Crippen molar-refractivity contribution in [3.8, 4) is 11.9 Å². The molecule has 0 radical (unpaired) electrons. The van der Waals surface area contributed by atoms with E-state index in [2.05, 4.69) is 42.4 Å². The number of halogens is 1. The summed E-state index contributed by atoms with van der Waals surface area (Å²) in [6, 6.07) is 9.25. The number of nitrogens with one attached hydrogen (secondary N) is 4. The molecule has 0 spiro atoms. The maximum Gasteiger partial charge on any atom is 0.410 e. The molecule has 1 saturated carbocycles. The lowest BCUT2D eigenvalue weighted by atomic mass is 10.0. The summed E-state index contributed by atoms with van der Waals surface area (Å²) in [5.74, 6) is -2.53. The molecule has 1 aromatic carbocycles. The van der Waals surface area contributed by atoms with E-state index in [0.717, 1.165) is 17.7 Å². The maximum absolute atomic E-state index is 15.0. The Morgan fingerprint density at radius 3 is 2.52 bits per heavy atom. The third-order valence-electron chi connectivity index (χ3n) is 10.3. The number of anilines is 2. The molecule has 7 rings (SSSR count). The number of amides is 6. The number of pyridine rings is 2. The second-order valence-electron chi connectivity index (χ2n) is 16.4. The van der Waals surface area contributed by atoms with Crippen LogP contribution in [0.15, 0.2) is 48.9 Å². The van der Waals surface area contributed by atoms with Crippen LogP contribution in [-0.2, 0) is 23.8 Å². The number of nitrogens with zero attached hydrogens (tertiary/aromatic N) is 7. The average Bonchev–Trinajstić information content (AvgIpc) is 3.92. The summed E-state index contributed by atoms with van der Waals surface area (Å²) in [5, 5.41) is 25.5. The van der Waals surface area contributed by atoms with Crippen LogP contribution < -0.4 is 21.3 Å². The number of imide groups is 2. The van der Waals surface area contributed by atoms with E-state index in [-0.39, 0.29) is 88.2 Å². The van der Waals surface area contributed by atoms with Crippen molar-refractivity contribution in [3.63, 3.8) is 0 Å². The molecule has 1 aliphatic carbocycles. The van der Waals surface area contributed by atoms with Crippen molar-refractivity contribution >= 4 is 58.0 Å². The molecule has 20 nitrogen and oxygen atoms in total. The van der Waals surface area contributed by atoms with E-state index >= 15 is 4.39 Å². The number of nitriles is 1. The lowest BCUT2D eigenvalue weighted by Gasteiger charge is -2.27.